The standard InChI is InChI=1S/C18H24N2/c1-4-6-7-8-18-19-17(13-14-20(18)5-2)16-11-9-15(3)10-12-16/h5,9-13H,2,4,6-8,14H2,1,3H3. The minimum atomic E-state index is 0.873. The van der Waals surface area contributed by atoms with Crippen molar-refractivity contribution >= 4 is 11.5 Å². The lowest BCUT2D eigenvalue weighted by Gasteiger charge is -2.25. The van der Waals surface area contributed by atoms with Crippen LogP contribution in [-0.2, 0) is 0 Å². The molecule has 1 heterocycles. The van der Waals surface area contributed by atoms with Gasteiger partial charge in [-0.1, -0.05) is 56.2 Å². The molecule has 0 saturated carbocycles. The van der Waals surface area contributed by atoms with Crippen LogP contribution in [0.2, 0.25) is 0 Å². The van der Waals surface area contributed by atoms with Gasteiger partial charge in [-0.2, -0.15) is 0 Å². The molecule has 0 bridgehead atoms. The molecule has 0 unspecified atom stereocenters. The molecular weight excluding hydrogens is 244 g/mol. The number of hydrogen-bond donors (Lipinski definition) is 0. The average molecular weight is 268 g/mol. The van der Waals surface area contributed by atoms with Gasteiger partial charge in [-0.3, -0.25) is 0 Å². The van der Waals surface area contributed by atoms with Crippen molar-refractivity contribution in [3.8, 4) is 0 Å². The Morgan fingerprint density at radius 2 is 2.00 bits per heavy atom. The van der Waals surface area contributed by atoms with Crippen LogP contribution in [0.3, 0.4) is 0 Å². The normalized spacial score (nSPS) is 14.8. The topological polar surface area (TPSA) is 15.6 Å². The molecule has 1 aromatic carbocycles. The van der Waals surface area contributed by atoms with Crippen LogP contribution >= 0.6 is 0 Å². The Morgan fingerprint density at radius 1 is 1.25 bits per heavy atom. The van der Waals surface area contributed by atoms with Gasteiger partial charge in [0.1, 0.15) is 5.84 Å². The van der Waals surface area contributed by atoms with Crippen molar-refractivity contribution in [3.63, 3.8) is 0 Å². The van der Waals surface area contributed by atoms with Crippen molar-refractivity contribution in [1.82, 2.24) is 4.90 Å². The molecule has 0 fully saturated rings. The highest BCUT2D eigenvalue weighted by molar-refractivity contribution is 5.90. The van der Waals surface area contributed by atoms with Gasteiger partial charge in [0.15, 0.2) is 0 Å². The maximum Gasteiger partial charge on any atom is 0.109 e. The second-order valence-electron chi connectivity index (χ2n) is 5.28. The first-order valence-corrected chi connectivity index (χ1v) is 7.48. The van der Waals surface area contributed by atoms with E-state index in [-0.39, 0.29) is 0 Å². The molecule has 2 rings (SSSR count). The Kier molecular flexibility index (Phi) is 5.16. The molecule has 0 N–H and O–H groups in total. The van der Waals surface area contributed by atoms with Crippen molar-refractivity contribution in [2.75, 3.05) is 6.54 Å². The van der Waals surface area contributed by atoms with Crippen LogP contribution in [0, 0.1) is 6.92 Å². The summed E-state index contributed by atoms with van der Waals surface area (Å²) in [5, 5.41) is 0. The van der Waals surface area contributed by atoms with Gasteiger partial charge in [0.25, 0.3) is 0 Å². The second-order valence-corrected chi connectivity index (χ2v) is 5.28. The van der Waals surface area contributed by atoms with Crippen molar-refractivity contribution in [3.05, 3.63) is 54.2 Å². The second kappa shape index (κ2) is 7.09. The van der Waals surface area contributed by atoms with E-state index in [4.69, 9.17) is 4.99 Å². The SMILES string of the molecule is C=CN1CC=C(c2ccc(C)cc2)N=C1CCCCC. The molecule has 0 atom stereocenters. The smallest absolute Gasteiger partial charge is 0.109 e. The van der Waals surface area contributed by atoms with Crippen molar-refractivity contribution in [2.24, 2.45) is 4.99 Å². The van der Waals surface area contributed by atoms with Crippen molar-refractivity contribution in [1.29, 1.82) is 0 Å². The molecular formula is C18H24N2. The fraction of sp³-hybridized carbons (Fsp3) is 0.389. The third-order valence-electron chi connectivity index (χ3n) is 3.63. The van der Waals surface area contributed by atoms with Crippen LogP contribution < -0.4 is 0 Å². The third-order valence-corrected chi connectivity index (χ3v) is 3.63. The molecule has 1 aromatic rings. The first-order chi connectivity index (χ1) is 9.74. The fourth-order valence-electron chi connectivity index (χ4n) is 2.36. The summed E-state index contributed by atoms with van der Waals surface area (Å²) in [6.07, 6.45) is 8.78. The molecule has 2 nitrogen and oxygen atoms in total. The van der Waals surface area contributed by atoms with Gasteiger partial charge in [0.2, 0.25) is 0 Å². The van der Waals surface area contributed by atoms with Crippen molar-refractivity contribution < 1.29 is 0 Å². The number of nitrogens with zero attached hydrogens (tertiary/aromatic N) is 2. The van der Waals surface area contributed by atoms with Gasteiger partial charge in [0.05, 0.1) is 5.70 Å². The molecule has 0 amide bonds. The number of hydrogen-bond acceptors (Lipinski definition) is 2. The monoisotopic (exact) mass is 268 g/mol. The van der Waals surface area contributed by atoms with Gasteiger partial charge >= 0.3 is 0 Å². The van der Waals surface area contributed by atoms with E-state index in [1.165, 1.54) is 30.4 Å². The average Bonchev–Trinajstić information content (AvgIpc) is 2.48. The van der Waals surface area contributed by atoms with Gasteiger partial charge < -0.3 is 4.90 Å². The van der Waals surface area contributed by atoms with E-state index in [1.54, 1.807) is 0 Å². The molecule has 106 valence electrons. The van der Waals surface area contributed by atoms with E-state index in [9.17, 15) is 0 Å². The summed E-state index contributed by atoms with van der Waals surface area (Å²) in [4.78, 5) is 6.98. The summed E-state index contributed by atoms with van der Waals surface area (Å²) in [5.74, 6) is 1.14. The lowest BCUT2D eigenvalue weighted by molar-refractivity contribution is 0.586. The summed E-state index contributed by atoms with van der Waals surface area (Å²) in [5.41, 5.74) is 3.58. The summed E-state index contributed by atoms with van der Waals surface area (Å²) in [7, 11) is 0. The summed E-state index contributed by atoms with van der Waals surface area (Å²) in [6, 6.07) is 8.58. The quantitative estimate of drug-likeness (QED) is 0.678. The lowest BCUT2D eigenvalue weighted by Crippen LogP contribution is -2.28. The molecule has 0 saturated heterocycles. The van der Waals surface area contributed by atoms with E-state index >= 15 is 0 Å². The minimum Gasteiger partial charge on any atom is -0.333 e. The summed E-state index contributed by atoms with van der Waals surface area (Å²) in [6.45, 7) is 9.10. The molecule has 0 spiro atoms. The van der Waals surface area contributed by atoms with Crippen LogP contribution in [0.15, 0.2) is 48.1 Å². The largest absolute Gasteiger partial charge is 0.333 e. The third kappa shape index (κ3) is 3.60. The number of rotatable bonds is 6. The molecule has 0 aliphatic carbocycles. The number of amidine groups is 1. The predicted octanol–water partition coefficient (Wildman–Crippen LogP) is 4.77. The minimum absolute atomic E-state index is 0.873. The Hall–Kier alpha value is -1.83. The van der Waals surface area contributed by atoms with Crippen LogP contribution in [-0.4, -0.2) is 17.3 Å². The van der Waals surface area contributed by atoms with E-state index in [2.05, 4.69) is 55.7 Å². The highest BCUT2D eigenvalue weighted by atomic mass is 15.2. The Bertz CT molecular complexity index is 509. The van der Waals surface area contributed by atoms with Crippen LogP contribution in [0.25, 0.3) is 5.70 Å². The molecule has 0 radical (unpaired) electrons. The van der Waals surface area contributed by atoms with Crippen LogP contribution in [0.5, 0.6) is 0 Å². The van der Waals surface area contributed by atoms with Crippen LogP contribution in [0.1, 0.15) is 43.7 Å². The van der Waals surface area contributed by atoms with E-state index in [1.807, 2.05) is 6.20 Å². The Labute approximate surface area is 122 Å². The highest BCUT2D eigenvalue weighted by Gasteiger charge is 2.14. The molecule has 2 heteroatoms. The van der Waals surface area contributed by atoms with E-state index < -0.39 is 0 Å². The zero-order valence-corrected chi connectivity index (χ0v) is 12.6. The predicted molar refractivity (Wildman–Crippen MR) is 87.6 cm³/mol. The lowest BCUT2D eigenvalue weighted by atomic mass is 10.1. The fourth-order valence-corrected chi connectivity index (χ4v) is 2.36. The highest BCUT2D eigenvalue weighted by Crippen LogP contribution is 2.22. The first-order valence-electron chi connectivity index (χ1n) is 7.48. The first kappa shape index (κ1) is 14.6. The van der Waals surface area contributed by atoms with E-state index in [0.29, 0.717) is 0 Å². The van der Waals surface area contributed by atoms with Crippen molar-refractivity contribution in [2.45, 2.75) is 39.5 Å². The molecule has 20 heavy (non-hydrogen) atoms. The van der Waals surface area contributed by atoms with Crippen LogP contribution in [0.4, 0.5) is 0 Å². The molecule has 1 aliphatic heterocycles. The molecule has 0 aromatic heterocycles. The van der Waals surface area contributed by atoms with E-state index in [0.717, 1.165) is 24.5 Å². The summed E-state index contributed by atoms with van der Waals surface area (Å²) >= 11 is 0. The number of benzene rings is 1. The van der Waals surface area contributed by atoms with Gasteiger partial charge in [-0.05, 0) is 31.2 Å². The maximum atomic E-state index is 4.84. The zero-order chi connectivity index (χ0) is 14.4. The number of unbranched alkanes of at least 4 members (excludes halogenated alkanes) is 2. The Balaban J connectivity index is 2.16. The van der Waals surface area contributed by atoms with Gasteiger partial charge in [0, 0.05) is 13.0 Å². The summed E-state index contributed by atoms with van der Waals surface area (Å²) < 4.78 is 0. The maximum absolute atomic E-state index is 4.84. The Morgan fingerprint density at radius 3 is 2.65 bits per heavy atom. The number of aliphatic imine (C=N–C) groups is 1. The molecule has 1 aliphatic rings. The van der Waals surface area contributed by atoms with Gasteiger partial charge in [-0.25, -0.2) is 4.99 Å². The number of aryl methyl sites for hydroxylation is 1. The zero-order valence-electron chi connectivity index (χ0n) is 12.6. The van der Waals surface area contributed by atoms with Gasteiger partial charge in [-0.15, -0.1) is 0 Å².